The number of ether oxygens (including phenoxy) is 2. The van der Waals surface area contributed by atoms with E-state index in [1.807, 2.05) is 30.5 Å². The van der Waals surface area contributed by atoms with Gasteiger partial charge in [-0.1, -0.05) is 0 Å². The van der Waals surface area contributed by atoms with E-state index in [0.29, 0.717) is 0 Å². The number of hydrogen-bond donors (Lipinski definition) is 1. The van der Waals surface area contributed by atoms with Gasteiger partial charge in [0.2, 0.25) is 0 Å². The maximum absolute atomic E-state index is 10.9. The van der Waals surface area contributed by atoms with Crippen molar-refractivity contribution in [1.82, 2.24) is 9.55 Å². The number of nitrogens with zero attached hydrogens (tertiary/aromatic N) is 2. The van der Waals surface area contributed by atoms with E-state index in [1.54, 1.807) is 13.9 Å². The summed E-state index contributed by atoms with van der Waals surface area (Å²) in [5, 5.41) is 10.9. The van der Waals surface area contributed by atoms with Crippen LogP contribution in [-0.2, 0) is 27.8 Å². The van der Waals surface area contributed by atoms with Crippen LogP contribution in [0.4, 0.5) is 0 Å². The molecule has 0 saturated carbocycles. The Morgan fingerprint density at radius 1 is 1.43 bits per heavy atom. The molecule has 1 aromatic heterocycles. The summed E-state index contributed by atoms with van der Waals surface area (Å²) in [5.41, 5.74) is 4.02. The number of rotatable bonds is 4. The Kier molecular flexibility index (Phi) is 5.20. The van der Waals surface area contributed by atoms with E-state index in [0.717, 1.165) is 22.2 Å². The normalized spacial score (nSPS) is 30.1. The van der Waals surface area contributed by atoms with Gasteiger partial charge in [0, 0.05) is 0 Å². The Bertz CT molecular complexity index is 909. The monoisotopic (exact) mass is 410 g/mol. The van der Waals surface area contributed by atoms with Crippen molar-refractivity contribution in [3.05, 3.63) is 29.6 Å². The van der Waals surface area contributed by atoms with E-state index in [1.165, 1.54) is 6.92 Å². The van der Waals surface area contributed by atoms with Gasteiger partial charge >= 0.3 is 163 Å². The molecule has 4 rings (SSSR count). The average Bonchev–Trinajstić information content (AvgIpc) is 3.16. The summed E-state index contributed by atoms with van der Waals surface area (Å²) in [4.78, 5) is 15.4. The van der Waals surface area contributed by atoms with Gasteiger partial charge in [0.25, 0.3) is 0 Å². The number of aromatic nitrogens is 2. The van der Waals surface area contributed by atoms with Crippen molar-refractivity contribution in [3.8, 4) is 0 Å². The van der Waals surface area contributed by atoms with Crippen molar-refractivity contribution < 1.29 is 32.9 Å². The third-order valence-electron chi connectivity index (χ3n) is 5.22. The van der Waals surface area contributed by atoms with Crippen LogP contribution in [0.3, 0.4) is 0 Å². The van der Waals surface area contributed by atoms with E-state index < -0.39 is 38.3 Å². The van der Waals surface area contributed by atoms with Crippen LogP contribution in [0.5, 0.6) is 0 Å². The van der Waals surface area contributed by atoms with Gasteiger partial charge < -0.3 is 0 Å². The third kappa shape index (κ3) is 3.56. The Hall–Kier alpha value is -1.55. The molecule has 0 aliphatic carbocycles. The minimum atomic E-state index is -3.06. The summed E-state index contributed by atoms with van der Waals surface area (Å²) in [6.45, 7) is 5.35. The van der Waals surface area contributed by atoms with Crippen LogP contribution >= 0.6 is 7.82 Å². The fourth-order valence-corrected chi connectivity index (χ4v) is 5.27. The van der Waals surface area contributed by atoms with Crippen molar-refractivity contribution in [2.45, 2.75) is 45.3 Å². The molecule has 2 aromatic rings. The van der Waals surface area contributed by atoms with Crippen LogP contribution in [0.2, 0.25) is 0 Å². The molecule has 2 saturated heterocycles. The number of imidazole rings is 1. The second kappa shape index (κ2) is 7.37. The molecule has 0 amide bonds. The van der Waals surface area contributed by atoms with Crippen LogP contribution in [0.15, 0.2) is 18.5 Å². The summed E-state index contributed by atoms with van der Waals surface area (Å²) in [6.07, 6.45) is -0.921. The van der Waals surface area contributed by atoms with Gasteiger partial charge in [-0.05, 0) is 0 Å². The first kappa shape index (κ1) is 19.8. The van der Waals surface area contributed by atoms with Crippen molar-refractivity contribution >= 4 is 32.4 Å². The molecule has 2 aliphatic heterocycles. The van der Waals surface area contributed by atoms with Crippen LogP contribution < -0.4 is 0 Å². The van der Waals surface area contributed by atoms with E-state index >= 15 is 0 Å². The van der Waals surface area contributed by atoms with E-state index in [-0.39, 0.29) is 13.4 Å². The number of carbonyl (C=O) groups is 1. The molecule has 28 heavy (non-hydrogen) atoms. The van der Waals surface area contributed by atoms with E-state index in [2.05, 4.69) is 4.98 Å². The summed E-state index contributed by atoms with van der Waals surface area (Å²) < 4.78 is 29.9. The van der Waals surface area contributed by atoms with E-state index in [9.17, 15) is 9.90 Å². The fraction of sp³-hybridized carbons (Fsp3) is 0.529. The number of esters is 1. The zero-order valence-electron chi connectivity index (χ0n) is 16.2. The molecule has 1 aromatic carbocycles. The van der Waals surface area contributed by atoms with Crippen molar-refractivity contribution in [2.75, 3.05) is 13.4 Å². The first-order valence-electron chi connectivity index (χ1n) is 9.14. The molecule has 4 atom stereocenters. The first-order valence-corrected chi connectivity index (χ1v) is 11.4. The number of aliphatic hydroxyl groups is 1. The van der Waals surface area contributed by atoms with Gasteiger partial charge in [0.15, 0.2) is 0 Å². The van der Waals surface area contributed by atoms with Gasteiger partial charge in [-0.15, -0.1) is 0 Å². The second-order valence-corrected chi connectivity index (χ2v) is 9.82. The van der Waals surface area contributed by atoms with Crippen LogP contribution in [-0.4, -0.2) is 59.9 Å². The van der Waals surface area contributed by atoms with Crippen molar-refractivity contribution in [3.63, 3.8) is 0 Å². The maximum atomic E-state index is 10.9. The number of hydrogen-bond acceptors (Lipinski definition) is 8. The number of carbonyl (C=O) groups excluding carboxylic acids is 1. The van der Waals surface area contributed by atoms with Gasteiger partial charge in [-0.2, -0.15) is 0 Å². The quantitative estimate of drug-likeness (QED) is 0.344. The van der Waals surface area contributed by atoms with Crippen LogP contribution in [0.25, 0.3) is 11.0 Å². The SMILES string of the molecule is B[PH]1(OCOC(C)=O)OC[C@H]2O[C@@H](n3cnc4cc(C)c(C)cc43)C(O)[C@H]2O1. The molecule has 2 aliphatic rings. The predicted molar refractivity (Wildman–Crippen MR) is 105 cm³/mol. The van der Waals surface area contributed by atoms with Gasteiger partial charge in [0.1, 0.15) is 0 Å². The van der Waals surface area contributed by atoms with Gasteiger partial charge in [-0.25, -0.2) is 0 Å². The number of benzene rings is 1. The summed E-state index contributed by atoms with van der Waals surface area (Å²) in [5.74, 6) is -0.451. The van der Waals surface area contributed by atoms with Gasteiger partial charge in [-0.3, -0.25) is 0 Å². The second-order valence-electron chi connectivity index (χ2n) is 7.29. The molecule has 9 nitrogen and oxygen atoms in total. The number of aryl methyl sites for hydroxylation is 2. The topological polar surface area (TPSA) is 101 Å². The van der Waals surface area contributed by atoms with Crippen LogP contribution in [0.1, 0.15) is 24.3 Å². The number of fused-ring (bicyclic) bond motifs is 2. The van der Waals surface area contributed by atoms with Crippen molar-refractivity contribution in [1.29, 1.82) is 0 Å². The molecule has 0 radical (unpaired) electrons. The summed E-state index contributed by atoms with van der Waals surface area (Å²) in [6, 6.07) is 4.05. The fourth-order valence-electron chi connectivity index (χ4n) is 3.52. The Balaban J connectivity index is 1.53. The Morgan fingerprint density at radius 2 is 2.18 bits per heavy atom. The van der Waals surface area contributed by atoms with E-state index in [4.69, 9.17) is 23.0 Å². The molecule has 0 bridgehead atoms. The molecular weight excluding hydrogens is 386 g/mol. The molecule has 1 unspecified atom stereocenters. The van der Waals surface area contributed by atoms with Crippen LogP contribution in [0, 0.1) is 13.8 Å². The minimum absolute atomic E-state index is 0.228. The third-order valence-corrected chi connectivity index (χ3v) is 7.25. The zero-order chi connectivity index (χ0) is 20.1. The predicted octanol–water partition coefficient (Wildman–Crippen LogP) is 0.907. The summed E-state index contributed by atoms with van der Waals surface area (Å²) >= 11 is 0. The van der Waals surface area contributed by atoms with Gasteiger partial charge in [0.05, 0.1) is 0 Å². The standard InChI is InChI=1S/C17H24BN2O7P/c1-9-4-12-13(5-10(9)2)20(7-19-12)17-15(22)16-14(26-17)6-24-28(18,27-16)25-8-23-11(3)21/h4-5,7,14-17,22,28H,6,8,18H2,1-3H3/t14-,15?,16+,17-/m1/s1. The molecular formula is C17H24BN2O7P. The molecule has 2 fully saturated rings. The summed E-state index contributed by atoms with van der Waals surface area (Å²) in [7, 11) is -1.36. The zero-order valence-corrected chi connectivity index (χ0v) is 17.2. The molecule has 152 valence electrons. The Morgan fingerprint density at radius 3 is 2.93 bits per heavy atom. The molecule has 0 spiro atoms. The Labute approximate surface area is 163 Å². The number of aliphatic hydroxyl groups excluding tert-OH is 1. The molecule has 3 heterocycles. The van der Waals surface area contributed by atoms with Crippen molar-refractivity contribution in [2.24, 2.45) is 0 Å². The molecule has 1 N–H and O–H groups in total. The average molecular weight is 410 g/mol. The molecule has 11 heteroatoms. The first-order chi connectivity index (χ1) is 13.3.